The minimum absolute atomic E-state index is 0.0448. The maximum atomic E-state index is 12.5. The van der Waals surface area contributed by atoms with Gasteiger partial charge in [-0.05, 0) is 0 Å². The van der Waals surface area contributed by atoms with Gasteiger partial charge in [-0.15, -0.1) is 0 Å². The van der Waals surface area contributed by atoms with E-state index in [4.69, 9.17) is 0 Å². The van der Waals surface area contributed by atoms with Gasteiger partial charge in [-0.25, -0.2) is 0 Å². The average molecular weight is 351 g/mol. The molecule has 0 aliphatic carbocycles. The Balaban J connectivity index is 3.68. The topological polar surface area (TPSA) is 0 Å². The van der Waals surface area contributed by atoms with Gasteiger partial charge in [0.25, 0.3) is 0 Å². The Hall–Kier alpha value is -0.774. The van der Waals surface area contributed by atoms with Crippen molar-refractivity contribution in [1.29, 1.82) is 0 Å². The first-order chi connectivity index (χ1) is 8.24. The monoisotopic (exact) mass is 350 g/mol. The second kappa shape index (κ2) is 4.65. The van der Waals surface area contributed by atoms with Crippen molar-refractivity contribution in [2.75, 3.05) is 0 Å². The molecule has 0 unspecified atom stereocenters. The van der Waals surface area contributed by atoms with Crippen LogP contribution in [-0.2, 0) is 18.5 Å². The van der Waals surface area contributed by atoms with E-state index in [0.29, 0.717) is 0 Å². The molecular weight excluding hydrogens is 349 g/mol. The second-order valence-corrected chi connectivity index (χ2v) is 4.69. The summed E-state index contributed by atoms with van der Waals surface area (Å²) >= 11 is -0.0448. The summed E-state index contributed by atoms with van der Waals surface area (Å²) < 4.78 is 111. The Labute approximate surface area is 110 Å². The fourth-order valence-electron chi connectivity index (χ4n) is 1.29. The molecule has 1 aromatic rings. The zero-order chi connectivity index (χ0) is 15.2. The van der Waals surface area contributed by atoms with Crippen LogP contribution >= 0.6 is 0 Å². The SMILES string of the molecule is FC(F)(F)c1cc(C(F)(F)F)[c]([Ga])c(C(F)(F)F)c1. The molecule has 19 heavy (non-hydrogen) atoms. The molecule has 0 bridgehead atoms. The van der Waals surface area contributed by atoms with Crippen molar-refractivity contribution in [1.82, 2.24) is 0 Å². The summed E-state index contributed by atoms with van der Waals surface area (Å²) in [6, 6.07) is -0.626. The first-order valence-electron chi connectivity index (χ1n) is 4.39. The van der Waals surface area contributed by atoms with E-state index in [0.717, 1.165) is 0 Å². The summed E-state index contributed by atoms with van der Waals surface area (Å²) in [5.74, 6) is 0. The van der Waals surface area contributed by atoms with Gasteiger partial charge in [-0.1, -0.05) is 0 Å². The van der Waals surface area contributed by atoms with Crippen LogP contribution in [0.3, 0.4) is 0 Å². The molecule has 0 fully saturated rings. The fraction of sp³-hybridized carbons (Fsp3) is 0.333. The van der Waals surface area contributed by atoms with Gasteiger partial charge in [0.05, 0.1) is 0 Å². The van der Waals surface area contributed by atoms with Crippen LogP contribution in [-0.4, -0.2) is 18.6 Å². The summed E-state index contributed by atoms with van der Waals surface area (Å²) in [6.45, 7) is 0. The van der Waals surface area contributed by atoms with Crippen LogP contribution in [0.1, 0.15) is 16.7 Å². The van der Waals surface area contributed by atoms with Crippen LogP contribution in [0.25, 0.3) is 0 Å². The van der Waals surface area contributed by atoms with Gasteiger partial charge in [-0.3, -0.25) is 0 Å². The molecule has 0 spiro atoms. The minimum atomic E-state index is -5.29. The van der Waals surface area contributed by atoms with Crippen molar-refractivity contribution in [2.24, 2.45) is 0 Å². The zero-order valence-electron chi connectivity index (χ0n) is 8.63. The molecule has 0 saturated carbocycles. The Kier molecular flexibility index (Phi) is 3.99. The Morgan fingerprint density at radius 1 is 0.632 bits per heavy atom. The van der Waals surface area contributed by atoms with E-state index in [1.165, 1.54) is 0 Å². The summed E-state index contributed by atoms with van der Waals surface area (Å²) in [5.41, 5.74) is -5.82. The molecule has 1 aromatic carbocycles. The molecule has 0 aliphatic heterocycles. The number of alkyl halides is 9. The summed E-state index contributed by atoms with van der Waals surface area (Å²) in [4.78, 5) is 0. The van der Waals surface area contributed by atoms with Crippen LogP contribution in [0.2, 0.25) is 0 Å². The average Bonchev–Trinajstić information content (AvgIpc) is 2.11. The first-order valence-corrected chi connectivity index (χ1v) is 5.61. The fourth-order valence-corrected chi connectivity index (χ4v) is 2.32. The van der Waals surface area contributed by atoms with E-state index in [2.05, 4.69) is 0 Å². The predicted octanol–water partition coefficient (Wildman–Crippen LogP) is 3.54. The van der Waals surface area contributed by atoms with E-state index in [1.54, 1.807) is 0 Å². The molecule has 0 atom stereocenters. The molecule has 0 saturated heterocycles. The van der Waals surface area contributed by atoms with Crippen LogP contribution in [0.15, 0.2) is 12.1 Å². The number of rotatable bonds is 0. The Bertz CT molecular complexity index is 445. The van der Waals surface area contributed by atoms with Gasteiger partial charge in [-0.2, -0.15) is 0 Å². The zero-order valence-corrected chi connectivity index (χ0v) is 11.1. The van der Waals surface area contributed by atoms with E-state index in [9.17, 15) is 39.5 Å². The predicted molar refractivity (Wildman–Crippen MR) is 46.8 cm³/mol. The first kappa shape index (κ1) is 16.3. The molecule has 0 heterocycles. The quantitative estimate of drug-likeness (QED) is 0.496. The van der Waals surface area contributed by atoms with Gasteiger partial charge in [0.1, 0.15) is 0 Å². The van der Waals surface area contributed by atoms with Crippen LogP contribution in [0.4, 0.5) is 39.5 Å². The van der Waals surface area contributed by atoms with Gasteiger partial charge in [0, 0.05) is 0 Å². The number of benzene rings is 1. The molecule has 10 heteroatoms. The van der Waals surface area contributed by atoms with Crippen molar-refractivity contribution < 1.29 is 39.5 Å². The van der Waals surface area contributed by atoms with Crippen molar-refractivity contribution in [2.45, 2.75) is 18.5 Å². The van der Waals surface area contributed by atoms with E-state index in [1.807, 2.05) is 0 Å². The molecule has 0 aliphatic rings. The molecule has 1 rings (SSSR count). The van der Waals surface area contributed by atoms with Gasteiger partial charge < -0.3 is 0 Å². The summed E-state index contributed by atoms with van der Waals surface area (Å²) in [6.07, 6.45) is -15.9. The van der Waals surface area contributed by atoms with Crippen molar-refractivity contribution >= 4 is 22.7 Å². The summed E-state index contributed by atoms with van der Waals surface area (Å²) in [5, 5.41) is 0. The molecule has 2 radical (unpaired) electrons. The van der Waals surface area contributed by atoms with E-state index in [-0.39, 0.29) is 30.7 Å². The molecule has 104 valence electrons. The van der Waals surface area contributed by atoms with Crippen molar-refractivity contribution in [3.8, 4) is 0 Å². The van der Waals surface area contributed by atoms with E-state index >= 15 is 0 Å². The number of hydrogen-bond acceptors (Lipinski definition) is 0. The maximum absolute atomic E-state index is 12.5. The summed E-state index contributed by atoms with van der Waals surface area (Å²) in [7, 11) is 0. The van der Waals surface area contributed by atoms with Gasteiger partial charge in [0.15, 0.2) is 0 Å². The second-order valence-electron chi connectivity index (χ2n) is 3.48. The van der Waals surface area contributed by atoms with Crippen LogP contribution in [0, 0.1) is 0 Å². The van der Waals surface area contributed by atoms with Crippen LogP contribution < -0.4 is 4.12 Å². The van der Waals surface area contributed by atoms with Crippen molar-refractivity contribution in [3.05, 3.63) is 28.8 Å². The third-order valence-electron chi connectivity index (χ3n) is 2.12. The third-order valence-corrected chi connectivity index (χ3v) is 3.42. The van der Waals surface area contributed by atoms with E-state index < -0.39 is 39.3 Å². The Morgan fingerprint density at radius 3 is 1.16 bits per heavy atom. The molecule has 0 aromatic heterocycles. The van der Waals surface area contributed by atoms with Crippen LogP contribution in [0.5, 0.6) is 0 Å². The third kappa shape index (κ3) is 3.62. The molecular formula is C9H2F9Ga. The molecule has 0 amide bonds. The number of halogens is 9. The van der Waals surface area contributed by atoms with Crippen molar-refractivity contribution in [3.63, 3.8) is 0 Å². The number of hydrogen-bond donors (Lipinski definition) is 0. The van der Waals surface area contributed by atoms with Gasteiger partial charge in [0.2, 0.25) is 0 Å². The molecule has 0 nitrogen and oxygen atoms in total. The normalized spacial score (nSPS) is 13.7. The Morgan fingerprint density at radius 2 is 0.947 bits per heavy atom. The van der Waals surface area contributed by atoms with Gasteiger partial charge >= 0.3 is 110 Å². The molecule has 0 N–H and O–H groups in total. The standard InChI is InChI=1S/C9H2F9.Ga/c10-7(11,12)4-1-5(8(13,14)15)3-6(2-4)9(16,17)18;/h1-2H;.